The molecule has 0 amide bonds. The van der Waals surface area contributed by atoms with Crippen LogP contribution in [-0.2, 0) is 25.3 Å². The van der Waals surface area contributed by atoms with Crippen molar-refractivity contribution in [2.24, 2.45) is 0 Å². The molecule has 3 aromatic carbocycles. The summed E-state index contributed by atoms with van der Waals surface area (Å²) >= 11 is 1.90. The second kappa shape index (κ2) is 13.1. The summed E-state index contributed by atoms with van der Waals surface area (Å²) in [7, 11) is 4.47. The maximum Gasteiger partial charge on any atom is 0.0486 e. The zero-order valence-electron chi connectivity index (χ0n) is 21.4. The lowest BCUT2D eigenvalue weighted by atomic mass is 10.0. The van der Waals surface area contributed by atoms with Gasteiger partial charge in [0.25, 0.3) is 0 Å². The lowest BCUT2D eigenvalue weighted by Gasteiger charge is -2.19. The Morgan fingerprint density at radius 1 is 0.889 bits per heavy atom. The van der Waals surface area contributed by atoms with Crippen molar-refractivity contribution in [3.63, 3.8) is 0 Å². The highest BCUT2D eigenvalue weighted by Crippen LogP contribution is 2.29. The van der Waals surface area contributed by atoms with Crippen molar-refractivity contribution in [2.45, 2.75) is 44.1 Å². The molecule has 5 rings (SSSR count). The summed E-state index contributed by atoms with van der Waals surface area (Å²) in [6.45, 7) is 3.11. The number of benzene rings is 3. The van der Waals surface area contributed by atoms with Crippen LogP contribution in [0.1, 0.15) is 35.1 Å². The maximum absolute atomic E-state index is 2.54. The number of hydrogen-bond donors (Lipinski definition) is 0. The Morgan fingerprint density at radius 3 is 2.25 bits per heavy atom. The molecule has 192 valence electrons. The maximum atomic E-state index is 2.54. The van der Waals surface area contributed by atoms with E-state index in [1.165, 1.54) is 52.5 Å². The van der Waals surface area contributed by atoms with Gasteiger partial charge in [-0.25, -0.2) is 4.31 Å². The molecule has 0 unspecified atom stereocenters. The van der Waals surface area contributed by atoms with E-state index in [-0.39, 0.29) is 11.0 Å². The highest BCUT2D eigenvalue weighted by Gasteiger charge is 2.23. The van der Waals surface area contributed by atoms with Crippen molar-refractivity contribution >= 4 is 22.9 Å². The zero-order valence-corrected chi connectivity index (χ0v) is 22.2. The molecular formula is C30H39N3O2S. The second-order valence-electron chi connectivity index (χ2n) is 9.65. The van der Waals surface area contributed by atoms with Gasteiger partial charge in [-0.2, -0.15) is 0 Å². The zero-order chi connectivity index (χ0) is 23.3. The van der Waals surface area contributed by atoms with Gasteiger partial charge in [-0.3, -0.25) is 0 Å². The van der Waals surface area contributed by atoms with E-state index in [0.717, 1.165) is 25.3 Å². The van der Waals surface area contributed by atoms with Crippen molar-refractivity contribution in [2.75, 3.05) is 20.6 Å². The lowest BCUT2D eigenvalue weighted by Crippen LogP contribution is -2.26. The molecule has 4 N–H and O–H groups in total. The predicted octanol–water partition coefficient (Wildman–Crippen LogP) is 4.96. The summed E-state index contributed by atoms with van der Waals surface area (Å²) in [5, 5.41) is 1.43. The van der Waals surface area contributed by atoms with Crippen molar-refractivity contribution < 1.29 is 11.0 Å². The van der Waals surface area contributed by atoms with Crippen LogP contribution >= 0.6 is 11.9 Å². The first kappa shape index (κ1) is 28.0. The van der Waals surface area contributed by atoms with E-state index in [2.05, 4.69) is 113 Å². The third-order valence-electron chi connectivity index (χ3n) is 7.05. The Hall–Kier alpha value is -2.61. The molecule has 1 aliphatic rings. The number of likely N-dealkylation sites (tertiary alicyclic amines) is 1. The van der Waals surface area contributed by atoms with E-state index >= 15 is 0 Å². The topological polar surface area (TPSA) is 74.4 Å². The molecule has 0 aliphatic carbocycles. The van der Waals surface area contributed by atoms with E-state index in [4.69, 9.17) is 0 Å². The summed E-state index contributed by atoms with van der Waals surface area (Å²) < 4.78 is 4.79. The van der Waals surface area contributed by atoms with E-state index in [1.54, 1.807) is 0 Å². The molecule has 1 atom stereocenters. The fourth-order valence-corrected chi connectivity index (χ4v) is 5.93. The normalized spacial score (nSPS) is 15.7. The fourth-order valence-electron chi connectivity index (χ4n) is 5.14. The number of nitrogens with zero attached hydrogens (tertiary/aromatic N) is 3. The van der Waals surface area contributed by atoms with Crippen LogP contribution in [0.2, 0.25) is 0 Å². The SMILES string of the molecule is CN(Cc1ccccc1)SCc1ccc2c(c1)c(C[C@H]1CCCN1C)cn2Cc1ccccc1.O.O. The minimum Gasteiger partial charge on any atom is -0.412 e. The highest BCUT2D eigenvalue weighted by molar-refractivity contribution is 7.96. The lowest BCUT2D eigenvalue weighted by molar-refractivity contribution is 0.309. The summed E-state index contributed by atoms with van der Waals surface area (Å²) in [5.74, 6) is 0.992. The Morgan fingerprint density at radius 2 is 1.58 bits per heavy atom. The number of aromatic nitrogens is 1. The third-order valence-corrected chi connectivity index (χ3v) is 8.08. The predicted molar refractivity (Wildman–Crippen MR) is 153 cm³/mol. The fraction of sp³-hybridized carbons (Fsp3) is 0.333. The first-order chi connectivity index (χ1) is 16.7. The summed E-state index contributed by atoms with van der Waals surface area (Å²) in [6, 6.07) is 29.3. The van der Waals surface area contributed by atoms with E-state index in [0.29, 0.717) is 6.04 Å². The van der Waals surface area contributed by atoms with Crippen LogP contribution in [0.3, 0.4) is 0 Å². The Kier molecular flexibility index (Phi) is 10.2. The average molecular weight is 506 g/mol. The molecule has 6 heteroatoms. The van der Waals surface area contributed by atoms with Crippen LogP contribution in [0.4, 0.5) is 0 Å². The summed E-state index contributed by atoms with van der Waals surface area (Å²) in [4.78, 5) is 2.54. The van der Waals surface area contributed by atoms with Gasteiger partial charge in [-0.15, -0.1) is 0 Å². The van der Waals surface area contributed by atoms with Gasteiger partial charge in [0.15, 0.2) is 0 Å². The molecule has 1 aromatic heterocycles. The van der Waals surface area contributed by atoms with Crippen LogP contribution < -0.4 is 0 Å². The van der Waals surface area contributed by atoms with Gasteiger partial charge in [0.05, 0.1) is 0 Å². The smallest absolute Gasteiger partial charge is 0.0486 e. The van der Waals surface area contributed by atoms with Crippen LogP contribution in [0.5, 0.6) is 0 Å². The highest BCUT2D eigenvalue weighted by atomic mass is 32.2. The van der Waals surface area contributed by atoms with Crippen LogP contribution in [0.15, 0.2) is 85.1 Å². The number of fused-ring (bicyclic) bond motifs is 1. The largest absolute Gasteiger partial charge is 0.412 e. The first-order valence-corrected chi connectivity index (χ1v) is 13.3. The first-order valence-electron chi connectivity index (χ1n) is 12.4. The van der Waals surface area contributed by atoms with Crippen molar-refractivity contribution in [3.8, 4) is 0 Å². The molecule has 1 saturated heterocycles. The van der Waals surface area contributed by atoms with Gasteiger partial charge in [-0.1, -0.05) is 78.7 Å². The van der Waals surface area contributed by atoms with Crippen molar-refractivity contribution in [1.29, 1.82) is 0 Å². The number of hydrogen-bond acceptors (Lipinski definition) is 3. The monoisotopic (exact) mass is 505 g/mol. The van der Waals surface area contributed by atoms with Gasteiger partial charge < -0.3 is 20.4 Å². The molecular weight excluding hydrogens is 466 g/mol. The molecule has 0 radical (unpaired) electrons. The van der Waals surface area contributed by atoms with Gasteiger partial charge in [0.1, 0.15) is 0 Å². The molecule has 36 heavy (non-hydrogen) atoms. The summed E-state index contributed by atoms with van der Waals surface area (Å²) in [5.41, 5.74) is 6.95. The molecule has 1 aliphatic heterocycles. The van der Waals surface area contributed by atoms with Gasteiger partial charge in [0.2, 0.25) is 0 Å². The average Bonchev–Trinajstić information content (AvgIpc) is 3.42. The van der Waals surface area contributed by atoms with Crippen molar-refractivity contribution in [3.05, 3.63) is 107 Å². The molecule has 0 spiro atoms. The van der Waals surface area contributed by atoms with E-state index in [1.807, 2.05) is 11.9 Å². The van der Waals surface area contributed by atoms with Crippen molar-refractivity contribution in [1.82, 2.24) is 13.8 Å². The van der Waals surface area contributed by atoms with Crippen LogP contribution in [0, 0.1) is 0 Å². The molecule has 5 nitrogen and oxygen atoms in total. The Bertz CT molecular complexity index is 1210. The number of likely N-dealkylation sites (N-methyl/N-ethyl adjacent to an activating group) is 1. The Balaban J connectivity index is 0.00000180. The minimum absolute atomic E-state index is 0. The van der Waals surface area contributed by atoms with Crippen LogP contribution in [0.25, 0.3) is 10.9 Å². The van der Waals surface area contributed by atoms with E-state index < -0.39 is 0 Å². The van der Waals surface area contributed by atoms with Gasteiger partial charge >= 0.3 is 0 Å². The van der Waals surface area contributed by atoms with Crippen LogP contribution in [-0.4, -0.2) is 51.4 Å². The Labute approximate surface area is 219 Å². The second-order valence-corrected chi connectivity index (χ2v) is 10.8. The number of rotatable bonds is 9. The molecule has 0 saturated carbocycles. The summed E-state index contributed by atoms with van der Waals surface area (Å²) in [6.07, 6.45) is 6.18. The molecule has 2 heterocycles. The molecule has 1 fully saturated rings. The van der Waals surface area contributed by atoms with Gasteiger partial charge in [0, 0.05) is 42.0 Å². The molecule has 4 aromatic rings. The standard InChI is InChI=1S/C30H35N3S.2H2O/c1-31-17-9-14-28(31)19-27-22-33(21-25-12-7-4-8-13-25)30-16-15-26(18-29(27)30)23-34-32(2)20-24-10-5-3-6-11-24;;/h3-8,10-13,15-16,18,22,28H,9,14,17,19-21,23H2,1-2H3;2*1H2/t28-;;/m1../s1. The quantitative estimate of drug-likeness (QED) is 0.302. The third kappa shape index (κ3) is 6.78. The van der Waals surface area contributed by atoms with Gasteiger partial charge in [-0.05, 0) is 74.3 Å². The minimum atomic E-state index is 0. The van der Waals surface area contributed by atoms with E-state index in [9.17, 15) is 0 Å². The molecule has 0 bridgehead atoms.